The second-order valence-corrected chi connectivity index (χ2v) is 3.52. The Morgan fingerprint density at radius 1 is 1.83 bits per heavy atom. The van der Waals surface area contributed by atoms with E-state index in [1.807, 2.05) is 13.0 Å². The van der Waals surface area contributed by atoms with Crippen LogP contribution in [0.1, 0.15) is 18.9 Å². The molecule has 2 atom stereocenters. The van der Waals surface area contributed by atoms with E-state index in [4.69, 9.17) is 9.52 Å². The number of aliphatic carboxylic acids is 1. The molecule has 0 radical (unpaired) electrons. The van der Waals surface area contributed by atoms with Crippen LogP contribution in [-0.2, 0) is 10.2 Å². The Balaban J connectivity index is 2.23. The standard InChI is InChI=1S/C9H10O3/c1-9(4-7(9)8(10)11)6-2-3-12-5-6/h2-3,5,7H,4H2,1H3,(H,10,11). The Morgan fingerprint density at radius 3 is 3.00 bits per heavy atom. The van der Waals surface area contributed by atoms with E-state index in [-0.39, 0.29) is 11.3 Å². The number of hydrogen-bond donors (Lipinski definition) is 1. The highest BCUT2D eigenvalue weighted by Crippen LogP contribution is 2.54. The van der Waals surface area contributed by atoms with E-state index in [1.54, 1.807) is 12.5 Å². The van der Waals surface area contributed by atoms with Gasteiger partial charge in [-0.05, 0) is 18.1 Å². The highest BCUT2D eigenvalue weighted by Gasteiger charge is 2.56. The Kier molecular flexibility index (Phi) is 1.31. The zero-order valence-corrected chi connectivity index (χ0v) is 6.78. The maximum Gasteiger partial charge on any atom is 0.307 e. The highest BCUT2D eigenvalue weighted by molar-refractivity contribution is 5.76. The van der Waals surface area contributed by atoms with Gasteiger partial charge in [-0.3, -0.25) is 4.79 Å². The molecule has 1 aromatic rings. The minimum absolute atomic E-state index is 0.182. The average molecular weight is 166 g/mol. The van der Waals surface area contributed by atoms with Crippen molar-refractivity contribution in [2.45, 2.75) is 18.8 Å². The van der Waals surface area contributed by atoms with E-state index in [1.165, 1.54) is 0 Å². The summed E-state index contributed by atoms with van der Waals surface area (Å²) in [4.78, 5) is 10.6. The molecule has 0 spiro atoms. The number of furan rings is 1. The Morgan fingerprint density at radius 2 is 2.58 bits per heavy atom. The summed E-state index contributed by atoms with van der Waals surface area (Å²) in [6, 6.07) is 1.84. The molecule has 1 aromatic heterocycles. The minimum atomic E-state index is -0.710. The Bertz CT molecular complexity index is 302. The summed E-state index contributed by atoms with van der Waals surface area (Å²) in [5, 5.41) is 8.76. The zero-order chi connectivity index (χ0) is 8.77. The first kappa shape index (κ1) is 7.40. The SMILES string of the molecule is CC1(c2ccoc2)CC1C(=O)O. The van der Waals surface area contributed by atoms with Crippen LogP contribution in [0.5, 0.6) is 0 Å². The molecule has 3 heteroatoms. The quantitative estimate of drug-likeness (QED) is 0.726. The highest BCUT2D eigenvalue weighted by atomic mass is 16.4. The van der Waals surface area contributed by atoms with Gasteiger partial charge in [0.25, 0.3) is 0 Å². The molecule has 0 saturated heterocycles. The Labute approximate surface area is 70.0 Å². The molecule has 0 aromatic carbocycles. The van der Waals surface area contributed by atoms with Gasteiger partial charge in [0, 0.05) is 5.41 Å². The van der Waals surface area contributed by atoms with Gasteiger partial charge in [0.05, 0.1) is 18.4 Å². The molecule has 0 aliphatic heterocycles. The molecule has 1 saturated carbocycles. The van der Waals surface area contributed by atoms with Crippen molar-refractivity contribution in [3.05, 3.63) is 24.2 Å². The third-order valence-electron chi connectivity index (χ3n) is 2.72. The van der Waals surface area contributed by atoms with Crippen molar-refractivity contribution < 1.29 is 14.3 Å². The summed E-state index contributed by atoms with van der Waals surface area (Å²) in [6.45, 7) is 1.96. The van der Waals surface area contributed by atoms with Crippen LogP contribution >= 0.6 is 0 Å². The zero-order valence-electron chi connectivity index (χ0n) is 6.78. The van der Waals surface area contributed by atoms with Crippen molar-refractivity contribution in [2.24, 2.45) is 5.92 Å². The van der Waals surface area contributed by atoms with Crippen LogP contribution in [-0.4, -0.2) is 11.1 Å². The molecule has 12 heavy (non-hydrogen) atoms. The van der Waals surface area contributed by atoms with Gasteiger partial charge in [0.2, 0.25) is 0 Å². The molecule has 0 bridgehead atoms. The van der Waals surface area contributed by atoms with Crippen LogP contribution in [0.4, 0.5) is 0 Å². The summed E-state index contributed by atoms with van der Waals surface area (Å²) < 4.78 is 4.92. The molecular formula is C9H10O3. The predicted molar refractivity (Wildman–Crippen MR) is 41.8 cm³/mol. The molecule has 2 unspecified atom stereocenters. The van der Waals surface area contributed by atoms with Crippen molar-refractivity contribution >= 4 is 5.97 Å². The lowest BCUT2D eigenvalue weighted by molar-refractivity contribution is -0.138. The fourth-order valence-electron chi connectivity index (χ4n) is 1.63. The molecule has 1 N–H and O–H groups in total. The second kappa shape index (κ2) is 2.12. The topological polar surface area (TPSA) is 50.4 Å². The van der Waals surface area contributed by atoms with Gasteiger partial charge >= 0.3 is 5.97 Å². The van der Waals surface area contributed by atoms with Crippen LogP contribution in [0.2, 0.25) is 0 Å². The van der Waals surface area contributed by atoms with Crippen molar-refractivity contribution in [3.63, 3.8) is 0 Å². The van der Waals surface area contributed by atoms with Crippen molar-refractivity contribution in [1.29, 1.82) is 0 Å². The summed E-state index contributed by atoms with van der Waals surface area (Å²) in [5.41, 5.74) is 0.814. The lowest BCUT2D eigenvalue weighted by Crippen LogP contribution is -2.09. The van der Waals surface area contributed by atoms with Crippen molar-refractivity contribution in [1.82, 2.24) is 0 Å². The maximum atomic E-state index is 10.6. The molecule has 3 nitrogen and oxygen atoms in total. The smallest absolute Gasteiger partial charge is 0.307 e. The predicted octanol–water partition coefficient (Wildman–Crippen LogP) is 1.64. The lowest BCUT2D eigenvalue weighted by Gasteiger charge is -2.04. The number of carboxylic acid groups (broad SMARTS) is 1. The number of carboxylic acids is 1. The monoisotopic (exact) mass is 166 g/mol. The summed E-state index contributed by atoms with van der Waals surface area (Å²) in [5.74, 6) is -0.936. The molecule has 2 rings (SSSR count). The third-order valence-corrected chi connectivity index (χ3v) is 2.72. The molecule has 1 heterocycles. The van der Waals surface area contributed by atoms with Gasteiger partial charge in [-0.15, -0.1) is 0 Å². The van der Waals surface area contributed by atoms with E-state index in [2.05, 4.69) is 0 Å². The van der Waals surface area contributed by atoms with Crippen LogP contribution in [0.3, 0.4) is 0 Å². The van der Waals surface area contributed by atoms with Gasteiger partial charge in [-0.2, -0.15) is 0 Å². The molecule has 1 aliphatic carbocycles. The normalized spacial score (nSPS) is 33.2. The van der Waals surface area contributed by atoms with E-state index in [9.17, 15) is 4.79 Å². The molecule has 1 fully saturated rings. The van der Waals surface area contributed by atoms with Crippen LogP contribution in [0, 0.1) is 5.92 Å². The molecular weight excluding hydrogens is 156 g/mol. The van der Waals surface area contributed by atoms with Gasteiger partial charge in [0.15, 0.2) is 0 Å². The summed E-state index contributed by atoms with van der Waals surface area (Å²) in [7, 11) is 0. The summed E-state index contributed by atoms with van der Waals surface area (Å²) >= 11 is 0. The first-order chi connectivity index (χ1) is 5.64. The van der Waals surface area contributed by atoms with E-state index in [0.29, 0.717) is 0 Å². The number of rotatable bonds is 2. The van der Waals surface area contributed by atoms with Gasteiger partial charge < -0.3 is 9.52 Å². The molecule has 1 aliphatic rings. The van der Waals surface area contributed by atoms with Gasteiger partial charge in [-0.1, -0.05) is 6.92 Å². The fraction of sp³-hybridized carbons (Fsp3) is 0.444. The first-order valence-corrected chi connectivity index (χ1v) is 3.90. The lowest BCUT2D eigenvalue weighted by atomic mass is 9.99. The van der Waals surface area contributed by atoms with Crippen LogP contribution in [0.25, 0.3) is 0 Å². The fourth-order valence-corrected chi connectivity index (χ4v) is 1.63. The second-order valence-electron chi connectivity index (χ2n) is 3.52. The van der Waals surface area contributed by atoms with Crippen LogP contribution in [0.15, 0.2) is 23.0 Å². The van der Waals surface area contributed by atoms with Crippen molar-refractivity contribution in [3.8, 4) is 0 Å². The first-order valence-electron chi connectivity index (χ1n) is 3.90. The van der Waals surface area contributed by atoms with E-state index in [0.717, 1.165) is 12.0 Å². The van der Waals surface area contributed by atoms with Crippen molar-refractivity contribution in [2.75, 3.05) is 0 Å². The van der Waals surface area contributed by atoms with E-state index < -0.39 is 5.97 Å². The molecule has 0 amide bonds. The number of carbonyl (C=O) groups is 1. The summed E-state index contributed by atoms with van der Waals surface area (Å²) in [6.07, 6.45) is 3.93. The average Bonchev–Trinajstić information content (AvgIpc) is 2.52. The maximum absolute atomic E-state index is 10.6. The van der Waals surface area contributed by atoms with Gasteiger partial charge in [0.1, 0.15) is 0 Å². The third kappa shape index (κ3) is 0.858. The minimum Gasteiger partial charge on any atom is -0.481 e. The number of hydrogen-bond acceptors (Lipinski definition) is 2. The molecule has 64 valence electrons. The largest absolute Gasteiger partial charge is 0.481 e. The van der Waals surface area contributed by atoms with Crippen LogP contribution < -0.4 is 0 Å². The Hall–Kier alpha value is -1.25. The van der Waals surface area contributed by atoms with Gasteiger partial charge in [-0.25, -0.2) is 0 Å². The van der Waals surface area contributed by atoms with E-state index >= 15 is 0 Å².